The lowest BCUT2D eigenvalue weighted by Crippen LogP contribution is -2.32. The van der Waals surface area contributed by atoms with Gasteiger partial charge in [-0.1, -0.05) is 0 Å². The summed E-state index contributed by atoms with van der Waals surface area (Å²) in [6.45, 7) is 4.62. The average molecular weight is 144 g/mol. The lowest BCUT2D eigenvalue weighted by molar-refractivity contribution is 0.485. The molecule has 52 valence electrons. The maximum atomic E-state index is 5.65. The normalized spacial score (nSPS) is 10.6. The van der Waals surface area contributed by atoms with Crippen molar-refractivity contribution in [2.45, 2.75) is 25.8 Å². The minimum atomic E-state index is -0.129. The summed E-state index contributed by atoms with van der Waals surface area (Å²) in [4.78, 5) is 3.74. The molecular formula is C6H12N2S. The second-order valence-electron chi connectivity index (χ2n) is 2.71. The van der Waals surface area contributed by atoms with Gasteiger partial charge in [-0.25, -0.2) is 4.99 Å². The van der Waals surface area contributed by atoms with E-state index in [1.807, 2.05) is 13.8 Å². The highest BCUT2D eigenvalue weighted by Crippen LogP contribution is 2.01. The second kappa shape index (κ2) is 3.72. The Hall–Kier alpha value is -0.240. The van der Waals surface area contributed by atoms with Crippen molar-refractivity contribution in [2.24, 2.45) is 10.7 Å². The number of nitrogens with zero attached hydrogens (tertiary/aromatic N) is 1. The Kier molecular flexibility index (Phi) is 3.62. The SMILES string of the molecule is CC(C)(N)CCN=C=S. The number of nitrogens with two attached hydrogens (primary N) is 1. The molecule has 0 spiro atoms. The summed E-state index contributed by atoms with van der Waals surface area (Å²) in [6, 6.07) is 0. The average Bonchev–Trinajstić information content (AvgIpc) is 1.63. The van der Waals surface area contributed by atoms with Crippen molar-refractivity contribution >= 4 is 17.4 Å². The van der Waals surface area contributed by atoms with Gasteiger partial charge >= 0.3 is 0 Å². The third-order valence-corrected chi connectivity index (χ3v) is 1.06. The number of rotatable bonds is 3. The summed E-state index contributed by atoms with van der Waals surface area (Å²) in [5, 5.41) is 2.29. The first kappa shape index (κ1) is 8.76. The molecule has 2 nitrogen and oxygen atoms in total. The van der Waals surface area contributed by atoms with Crippen LogP contribution < -0.4 is 5.73 Å². The number of thiocarbonyl (C=S) groups is 1. The zero-order valence-corrected chi connectivity index (χ0v) is 6.66. The maximum Gasteiger partial charge on any atom is 0.0584 e. The Morgan fingerprint density at radius 2 is 2.22 bits per heavy atom. The van der Waals surface area contributed by atoms with Gasteiger partial charge < -0.3 is 5.73 Å². The fourth-order valence-electron chi connectivity index (χ4n) is 0.390. The molecule has 0 aromatic heterocycles. The summed E-state index contributed by atoms with van der Waals surface area (Å²) in [5.41, 5.74) is 5.53. The van der Waals surface area contributed by atoms with E-state index in [4.69, 9.17) is 5.73 Å². The van der Waals surface area contributed by atoms with E-state index < -0.39 is 0 Å². The van der Waals surface area contributed by atoms with Crippen LogP contribution in [0.2, 0.25) is 0 Å². The first-order valence-electron chi connectivity index (χ1n) is 2.89. The van der Waals surface area contributed by atoms with Crippen LogP contribution in [-0.2, 0) is 0 Å². The summed E-state index contributed by atoms with van der Waals surface area (Å²) in [5.74, 6) is 0. The van der Waals surface area contributed by atoms with Gasteiger partial charge in [-0.3, -0.25) is 0 Å². The molecule has 3 heteroatoms. The van der Waals surface area contributed by atoms with Crippen molar-refractivity contribution in [3.05, 3.63) is 0 Å². The summed E-state index contributed by atoms with van der Waals surface area (Å²) >= 11 is 4.38. The topological polar surface area (TPSA) is 38.4 Å². The van der Waals surface area contributed by atoms with E-state index in [0.29, 0.717) is 6.54 Å². The second-order valence-corrected chi connectivity index (χ2v) is 2.89. The fourth-order valence-corrected chi connectivity index (χ4v) is 0.481. The maximum absolute atomic E-state index is 5.65. The number of hydrogen-bond acceptors (Lipinski definition) is 3. The smallest absolute Gasteiger partial charge is 0.0584 e. The molecule has 0 saturated carbocycles. The summed E-state index contributed by atoms with van der Waals surface area (Å²) in [6.07, 6.45) is 0.858. The molecule has 0 fully saturated rings. The van der Waals surface area contributed by atoms with Crippen molar-refractivity contribution in [1.82, 2.24) is 0 Å². The van der Waals surface area contributed by atoms with Crippen LogP contribution in [0.5, 0.6) is 0 Å². The molecule has 0 aliphatic heterocycles. The lowest BCUT2D eigenvalue weighted by atomic mass is 10.0. The predicted octanol–water partition coefficient (Wildman–Crippen LogP) is 1.22. The third-order valence-electron chi connectivity index (χ3n) is 0.932. The fraction of sp³-hybridized carbons (Fsp3) is 0.833. The van der Waals surface area contributed by atoms with Crippen molar-refractivity contribution < 1.29 is 0 Å². The van der Waals surface area contributed by atoms with Crippen LogP contribution >= 0.6 is 12.2 Å². The molecule has 9 heavy (non-hydrogen) atoms. The van der Waals surface area contributed by atoms with Gasteiger partial charge in [0.15, 0.2) is 0 Å². The molecular weight excluding hydrogens is 132 g/mol. The predicted molar refractivity (Wildman–Crippen MR) is 42.8 cm³/mol. The highest BCUT2D eigenvalue weighted by molar-refractivity contribution is 7.78. The third kappa shape index (κ3) is 7.76. The molecule has 0 atom stereocenters. The van der Waals surface area contributed by atoms with Crippen LogP contribution in [0.3, 0.4) is 0 Å². The zero-order chi connectivity index (χ0) is 7.33. The van der Waals surface area contributed by atoms with Gasteiger partial charge in [0.25, 0.3) is 0 Å². The van der Waals surface area contributed by atoms with E-state index in [2.05, 4.69) is 22.4 Å². The minimum Gasteiger partial charge on any atom is -0.325 e. The van der Waals surface area contributed by atoms with Gasteiger partial charge in [0.2, 0.25) is 0 Å². The van der Waals surface area contributed by atoms with Crippen LogP contribution in [0.25, 0.3) is 0 Å². The first-order chi connectivity index (χ1) is 4.06. The highest BCUT2D eigenvalue weighted by atomic mass is 32.1. The van der Waals surface area contributed by atoms with E-state index in [1.54, 1.807) is 0 Å². The molecule has 0 bridgehead atoms. The van der Waals surface area contributed by atoms with Crippen LogP contribution in [0.1, 0.15) is 20.3 Å². The number of isothiocyanates is 1. The molecule has 0 heterocycles. The molecule has 0 aliphatic rings. The van der Waals surface area contributed by atoms with E-state index in [-0.39, 0.29) is 5.54 Å². The molecule has 0 rings (SSSR count). The molecule has 0 unspecified atom stereocenters. The van der Waals surface area contributed by atoms with E-state index in [0.717, 1.165) is 6.42 Å². The molecule has 0 saturated heterocycles. The summed E-state index contributed by atoms with van der Waals surface area (Å²) < 4.78 is 0. The molecule has 0 radical (unpaired) electrons. The van der Waals surface area contributed by atoms with Crippen molar-refractivity contribution in [3.8, 4) is 0 Å². The standard InChI is InChI=1S/C6H12N2S/c1-6(2,7)3-4-8-5-9/h3-4,7H2,1-2H3. The Balaban J connectivity index is 3.39. The first-order valence-corrected chi connectivity index (χ1v) is 3.29. The van der Waals surface area contributed by atoms with Crippen molar-refractivity contribution in [2.75, 3.05) is 6.54 Å². The highest BCUT2D eigenvalue weighted by Gasteiger charge is 2.07. The van der Waals surface area contributed by atoms with Crippen molar-refractivity contribution in [3.63, 3.8) is 0 Å². The van der Waals surface area contributed by atoms with Gasteiger partial charge in [0.1, 0.15) is 0 Å². The monoisotopic (exact) mass is 144 g/mol. The minimum absolute atomic E-state index is 0.129. The van der Waals surface area contributed by atoms with Gasteiger partial charge in [0, 0.05) is 5.54 Å². The van der Waals surface area contributed by atoms with Crippen LogP contribution in [0.4, 0.5) is 0 Å². The molecule has 0 amide bonds. The van der Waals surface area contributed by atoms with E-state index in [1.165, 1.54) is 0 Å². The van der Waals surface area contributed by atoms with Crippen LogP contribution in [-0.4, -0.2) is 17.2 Å². The van der Waals surface area contributed by atoms with Gasteiger partial charge in [-0.15, -0.1) is 0 Å². The zero-order valence-electron chi connectivity index (χ0n) is 5.85. The molecule has 0 aliphatic carbocycles. The van der Waals surface area contributed by atoms with Gasteiger partial charge in [-0.05, 0) is 32.5 Å². The Labute approximate surface area is 61.2 Å². The van der Waals surface area contributed by atoms with E-state index in [9.17, 15) is 0 Å². The van der Waals surface area contributed by atoms with Gasteiger partial charge in [-0.2, -0.15) is 0 Å². The Morgan fingerprint density at radius 3 is 2.56 bits per heavy atom. The number of hydrogen-bond donors (Lipinski definition) is 1. The Morgan fingerprint density at radius 1 is 1.67 bits per heavy atom. The molecule has 0 aromatic rings. The summed E-state index contributed by atoms with van der Waals surface area (Å²) in [7, 11) is 0. The molecule has 2 N–H and O–H groups in total. The van der Waals surface area contributed by atoms with Crippen LogP contribution in [0, 0.1) is 0 Å². The lowest BCUT2D eigenvalue weighted by Gasteiger charge is -2.15. The van der Waals surface area contributed by atoms with E-state index >= 15 is 0 Å². The van der Waals surface area contributed by atoms with Gasteiger partial charge in [0.05, 0.1) is 11.7 Å². The Bertz CT molecular complexity index is 120. The van der Waals surface area contributed by atoms with Crippen LogP contribution in [0.15, 0.2) is 4.99 Å². The quantitative estimate of drug-likeness (QED) is 0.477. The van der Waals surface area contributed by atoms with Crippen molar-refractivity contribution in [1.29, 1.82) is 0 Å². The largest absolute Gasteiger partial charge is 0.325 e. The molecule has 0 aromatic carbocycles. The number of aliphatic imine (C=N–C) groups is 1.